The summed E-state index contributed by atoms with van der Waals surface area (Å²) in [5.41, 5.74) is 0.808. The van der Waals surface area contributed by atoms with Gasteiger partial charge in [0.15, 0.2) is 0 Å². The Morgan fingerprint density at radius 3 is 2.24 bits per heavy atom. The molecule has 0 heterocycles. The number of nitrogens with one attached hydrogen (secondary N) is 1. The summed E-state index contributed by atoms with van der Waals surface area (Å²) in [6, 6.07) is 9.70. The molecule has 0 saturated carbocycles. The lowest BCUT2D eigenvalue weighted by Gasteiger charge is -2.37. The monoisotopic (exact) mass is 292 g/mol. The summed E-state index contributed by atoms with van der Waals surface area (Å²) in [6.45, 7) is 11.4. The Morgan fingerprint density at radius 1 is 1.14 bits per heavy atom. The zero-order valence-corrected chi connectivity index (χ0v) is 14.1. The molecule has 0 spiro atoms. The standard InChI is InChI=1S/C17H28N2O2/c1-16(2,3)18-17(4,5)13-19(6)15(20)21-12-14-10-8-7-9-11-14/h7-11,18H,12-13H2,1-6H3. The van der Waals surface area contributed by atoms with Gasteiger partial charge in [0.1, 0.15) is 6.61 Å². The molecular formula is C17H28N2O2. The molecule has 1 amide bonds. The van der Waals surface area contributed by atoms with Crippen molar-refractivity contribution >= 4 is 6.09 Å². The zero-order valence-electron chi connectivity index (χ0n) is 14.1. The van der Waals surface area contributed by atoms with Gasteiger partial charge >= 0.3 is 6.09 Å². The molecule has 0 aliphatic heterocycles. The Hall–Kier alpha value is -1.55. The van der Waals surface area contributed by atoms with E-state index in [0.29, 0.717) is 13.2 Å². The molecule has 0 atom stereocenters. The molecule has 0 aliphatic carbocycles. The Morgan fingerprint density at radius 2 is 1.71 bits per heavy atom. The van der Waals surface area contributed by atoms with E-state index in [-0.39, 0.29) is 17.2 Å². The highest BCUT2D eigenvalue weighted by molar-refractivity contribution is 5.67. The third kappa shape index (κ3) is 7.14. The van der Waals surface area contributed by atoms with Gasteiger partial charge in [0.25, 0.3) is 0 Å². The van der Waals surface area contributed by atoms with Gasteiger partial charge in [-0.15, -0.1) is 0 Å². The lowest BCUT2D eigenvalue weighted by Crippen LogP contribution is -2.56. The second-order valence-electron chi connectivity index (χ2n) is 7.16. The maximum absolute atomic E-state index is 12.0. The molecule has 0 aliphatic rings. The molecule has 4 heteroatoms. The molecule has 0 aromatic heterocycles. The Balaban J connectivity index is 2.47. The van der Waals surface area contributed by atoms with Crippen molar-refractivity contribution in [1.29, 1.82) is 0 Å². The molecule has 0 radical (unpaired) electrons. The average molecular weight is 292 g/mol. The molecule has 21 heavy (non-hydrogen) atoms. The van der Waals surface area contributed by atoms with Crippen molar-refractivity contribution in [2.75, 3.05) is 13.6 Å². The van der Waals surface area contributed by atoms with Crippen molar-refractivity contribution in [1.82, 2.24) is 10.2 Å². The topological polar surface area (TPSA) is 41.6 Å². The Kier molecular flexibility index (Phi) is 5.78. The van der Waals surface area contributed by atoms with Gasteiger partial charge in [0, 0.05) is 24.7 Å². The van der Waals surface area contributed by atoms with Crippen LogP contribution in [0.25, 0.3) is 0 Å². The molecule has 1 aromatic carbocycles. The highest BCUT2D eigenvalue weighted by atomic mass is 16.6. The van der Waals surface area contributed by atoms with Crippen LogP contribution in [0.15, 0.2) is 30.3 Å². The van der Waals surface area contributed by atoms with E-state index in [4.69, 9.17) is 4.74 Å². The van der Waals surface area contributed by atoms with Gasteiger partial charge in [0.05, 0.1) is 0 Å². The number of rotatable bonds is 5. The van der Waals surface area contributed by atoms with E-state index in [9.17, 15) is 4.79 Å². The molecular weight excluding hydrogens is 264 g/mol. The molecule has 1 rings (SSSR count). The van der Waals surface area contributed by atoms with E-state index >= 15 is 0 Å². The first-order chi connectivity index (χ1) is 9.59. The molecule has 0 bridgehead atoms. The maximum Gasteiger partial charge on any atom is 0.409 e. The fourth-order valence-electron chi connectivity index (χ4n) is 2.54. The first-order valence-corrected chi connectivity index (χ1v) is 7.30. The number of nitrogens with zero attached hydrogens (tertiary/aromatic N) is 1. The van der Waals surface area contributed by atoms with Crippen LogP contribution in [-0.2, 0) is 11.3 Å². The minimum Gasteiger partial charge on any atom is -0.445 e. The van der Waals surface area contributed by atoms with Crippen LogP contribution in [0, 0.1) is 0 Å². The normalized spacial score (nSPS) is 12.1. The van der Waals surface area contributed by atoms with Crippen LogP contribution in [0.2, 0.25) is 0 Å². The van der Waals surface area contributed by atoms with Crippen molar-refractivity contribution in [3.8, 4) is 0 Å². The third-order valence-electron chi connectivity index (χ3n) is 2.86. The highest BCUT2D eigenvalue weighted by Gasteiger charge is 2.27. The highest BCUT2D eigenvalue weighted by Crippen LogP contribution is 2.12. The Bertz CT molecular complexity index is 450. The number of likely N-dealkylation sites (N-methyl/N-ethyl adjacent to an activating group) is 1. The first-order valence-electron chi connectivity index (χ1n) is 7.30. The van der Waals surface area contributed by atoms with Gasteiger partial charge in [-0.25, -0.2) is 4.79 Å². The molecule has 0 unspecified atom stereocenters. The fourth-order valence-corrected chi connectivity index (χ4v) is 2.54. The fraction of sp³-hybridized carbons (Fsp3) is 0.588. The van der Waals surface area contributed by atoms with Crippen molar-refractivity contribution in [2.24, 2.45) is 0 Å². The number of ether oxygens (including phenoxy) is 1. The van der Waals surface area contributed by atoms with Crippen molar-refractivity contribution < 1.29 is 9.53 Å². The van der Waals surface area contributed by atoms with E-state index in [0.717, 1.165) is 5.56 Å². The van der Waals surface area contributed by atoms with E-state index < -0.39 is 0 Å². The average Bonchev–Trinajstić information content (AvgIpc) is 2.33. The summed E-state index contributed by atoms with van der Waals surface area (Å²) >= 11 is 0. The summed E-state index contributed by atoms with van der Waals surface area (Å²) in [7, 11) is 1.76. The van der Waals surface area contributed by atoms with Crippen LogP contribution in [0.1, 0.15) is 40.2 Å². The number of carbonyl (C=O) groups excluding carboxylic acids is 1. The largest absolute Gasteiger partial charge is 0.445 e. The van der Waals surface area contributed by atoms with Crippen molar-refractivity contribution in [3.63, 3.8) is 0 Å². The van der Waals surface area contributed by atoms with E-state index in [2.05, 4.69) is 39.9 Å². The lowest BCUT2D eigenvalue weighted by molar-refractivity contribution is 0.0929. The minimum absolute atomic E-state index is 0.00170. The summed E-state index contributed by atoms with van der Waals surface area (Å²) in [4.78, 5) is 13.6. The van der Waals surface area contributed by atoms with Crippen molar-refractivity contribution in [2.45, 2.75) is 52.3 Å². The van der Waals surface area contributed by atoms with Crippen LogP contribution in [0.3, 0.4) is 0 Å². The van der Waals surface area contributed by atoms with Crippen LogP contribution in [0.5, 0.6) is 0 Å². The SMILES string of the molecule is CN(CC(C)(C)NC(C)(C)C)C(=O)OCc1ccccc1. The summed E-state index contributed by atoms with van der Waals surface area (Å²) in [5.74, 6) is 0. The summed E-state index contributed by atoms with van der Waals surface area (Å²) in [5, 5.41) is 3.51. The van der Waals surface area contributed by atoms with Gasteiger partial charge in [-0.05, 0) is 40.2 Å². The van der Waals surface area contributed by atoms with E-state index in [1.54, 1.807) is 11.9 Å². The number of hydrogen-bond acceptors (Lipinski definition) is 3. The third-order valence-corrected chi connectivity index (χ3v) is 2.86. The van der Waals surface area contributed by atoms with Gasteiger partial charge in [-0.1, -0.05) is 30.3 Å². The minimum atomic E-state index is -0.303. The molecule has 118 valence electrons. The summed E-state index contributed by atoms with van der Waals surface area (Å²) in [6.07, 6.45) is -0.303. The van der Waals surface area contributed by atoms with Crippen LogP contribution in [0.4, 0.5) is 4.79 Å². The molecule has 4 nitrogen and oxygen atoms in total. The van der Waals surface area contributed by atoms with Gasteiger partial charge in [-0.3, -0.25) is 0 Å². The predicted octanol–water partition coefficient (Wildman–Crippen LogP) is 3.42. The first kappa shape index (κ1) is 17.5. The quantitative estimate of drug-likeness (QED) is 0.904. The number of benzene rings is 1. The Labute approximate surface area is 128 Å². The predicted molar refractivity (Wildman–Crippen MR) is 86.2 cm³/mol. The molecule has 1 aromatic rings. The van der Waals surface area contributed by atoms with Gasteiger partial charge in [0.2, 0.25) is 0 Å². The second kappa shape index (κ2) is 6.94. The lowest BCUT2D eigenvalue weighted by atomic mass is 9.98. The van der Waals surface area contributed by atoms with Crippen molar-refractivity contribution in [3.05, 3.63) is 35.9 Å². The smallest absolute Gasteiger partial charge is 0.409 e. The number of hydrogen-bond donors (Lipinski definition) is 1. The van der Waals surface area contributed by atoms with Gasteiger partial charge < -0.3 is 15.0 Å². The molecule has 1 N–H and O–H groups in total. The molecule has 0 fully saturated rings. The van der Waals surface area contributed by atoms with Crippen LogP contribution < -0.4 is 5.32 Å². The van der Waals surface area contributed by atoms with Gasteiger partial charge in [-0.2, -0.15) is 0 Å². The van der Waals surface area contributed by atoms with E-state index in [1.807, 2.05) is 30.3 Å². The molecule has 0 saturated heterocycles. The zero-order chi connectivity index (χ0) is 16.1. The number of amides is 1. The van der Waals surface area contributed by atoms with Crippen LogP contribution in [-0.4, -0.2) is 35.7 Å². The second-order valence-corrected chi connectivity index (χ2v) is 7.16. The summed E-state index contributed by atoms with van der Waals surface area (Å²) < 4.78 is 5.33. The maximum atomic E-state index is 12.0. The number of carbonyl (C=O) groups is 1. The van der Waals surface area contributed by atoms with E-state index in [1.165, 1.54) is 0 Å². The van der Waals surface area contributed by atoms with Crippen LogP contribution >= 0.6 is 0 Å².